The van der Waals surface area contributed by atoms with Crippen molar-refractivity contribution in [1.29, 1.82) is 0 Å². The maximum atomic E-state index is 11.4. The van der Waals surface area contributed by atoms with Crippen molar-refractivity contribution in [2.45, 2.75) is 39.5 Å². The van der Waals surface area contributed by atoms with Crippen LogP contribution in [0.2, 0.25) is 0 Å². The number of benzene rings is 1. The molecule has 0 saturated carbocycles. The molecule has 0 radical (unpaired) electrons. The fourth-order valence-corrected chi connectivity index (χ4v) is 2.40. The summed E-state index contributed by atoms with van der Waals surface area (Å²) in [6.45, 7) is 6.33. The number of hydrogen-bond acceptors (Lipinski definition) is 4. The van der Waals surface area contributed by atoms with Crippen LogP contribution >= 0.6 is 0 Å². The molecule has 4 nitrogen and oxygen atoms in total. The van der Waals surface area contributed by atoms with Crippen LogP contribution in [0.3, 0.4) is 0 Å². The lowest BCUT2D eigenvalue weighted by molar-refractivity contribution is 0.468. The quantitative estimate of drug-likeness (QED) is 0.785. The van der Waals surface area contributed by atoms with Crippen molar-refractivity contribution in [3.05, 3.63) is 34.7 Å². The fourth-order valence-electron chi connectivity index (χ4n) is 2.40. The summed E-state index contributed by atoms with van der Waals surface area (Å²) in [7, 11) is 0. The van der Waals surface area contributed by atoms with E-state index in [1.54, 1.807) is 0 Å². The molecule has 1 aromatic heterocycles. The van der Waals surface area contributed by atoms with Gasteiger partial charge >= 0.3 is 5.63 Å². The summed E-state index contributed by atoms with van der Waals surface area (Å²) in [6, 6.07) is 6.75. The van der Waals surface area contributed by atoms with Crippen LogP contribution in [0.25, 0.3) is 11.0 Å². The first-order valence-corrected chi connectivity index (χ1v) is 7.67. The molecule has 0 bridgehead atoms. The van der Waals surface area contributed by atoms with Crippen LogP contribution in [0.5, 0.6) is 5.75 Å². The normalized spacial score (nSPS) is 11.0. The van der Waals surface area contributed by atoms with E-state index in [0.717, 1.165) is 50.5 Å². The zero-order valence-corrected chi connectivity index (χ0v) is 12.8. The first kappa shape index (κ1) is 15.4. The molecular formula is C17H23NO3. The van der Waals surface area contributed by atoms with Crippen molar-refractivity contribution in [3.8, 4) is 5.75 Å². The monoisotopic (exact) mass is 289 g/mol. The molecule has 0 aliphatic carbocycles. The highest BCUT2D eigenvalue weighted by Crippen LogP contribution is 2.27. The number of hydrogen-bond donors (Lipinski definition) is 1. The molecule has 2 aromatic rings. The van der Waals surface area contributed by atoms with Crippen LogP contribution < -0.4 is 10.5 Å². The highest BCUT2D eigenvalue weighted by molar-refractivity contribution is 5.85. The second kappa shape index (κ2) is 7.16. The highest BCUT2D eigenvalue weighted by Gasteiger charge is 2.10. The maximum absolute atomic E-state index is 11.4. The molecule has 1 N–H and O–H groups in total. The summed E-state index contributed by atoms with van der Waals surface area (Å²) in [4.78, 5) is 13.7. The van der Waals surface area contributed by atoms with E-state index in [9.17, 15) is 9.90 Å². The Morgan fingerprint density at radius 3 is 2.38 bits per heavy atom. The summed E-state index contributed by atoms with van der Waals surface area (Å²) >= 11 is 0. The zero-order valence-electron chi connectivity index (χ0n) is 12.8. The molecule has 0 unspecified atom stereocenters. The van der Waals surface area contributed by atoms with Crippen LogP contribution in [0.4, 0.5) is 5.69 Å². The van der Waals surface area contributed by atoms with E-state index in [2.05, 4.69) is 18.7 Å². The minimum absolute atomic E-state index is 0.0264. The Kier molecular flexibility index (Phi) is 5.26. The lowest BCUT2D eigenvalue weighted by Gasteiger charge is -2.24. The van der Waals surface area contributed by atoms with Crippen LogP contribution in [0, 0.1) is 0 Å². The topological polar surface area (TPSA) is 53.7 Å². The van der Waals surface area contributed by atoms with Gasteiger partial charge in [-0.2, -0.15) is 0 Å². The van der Waals surface area contributed by atoms with Crippen molar-refractivity contribution in [2.24, 2.45) is 0 Å². The van der Waals surface area contributed by atoms with E-state index in [-0.39, 0.29) is 5.75 Å². The van der Waals surface area contributed by atoms with Gasteiger partial charge in [-0.05, 0) is 25.0 Å². The SMILES string of the molecule is CCCCN(CCCC)c1ccc2c(O)cc(=O)oc2c1. The van der Waals surface area contributed by atoms with Gasteiger partial charge in [0.2, 0.25) is 0 Å². The van der Waals surface area contributed by atoms with Crippen molar-refractivity contribution < 1.29 is 9.52 Å². The third-order valence-electron chi connectivity index (χ3n) is 3.63. The number of nitrogens with zero attached hydrogens (tertiary/aromatic N) is 1. The Morgan fingerprint density at radius 2 is 1.76 bits per heavy atom. The van der Waals surface area contributed by atoms with Gasteiger partial charge in [-0.1, -0.05) is 26.7 Å². The standard InChI is InChI=1S/C17H23NO3/c1-3-5-9-18(10-6-4-2)13-7-8-14-15(19)12-17(20)21-16(14)11-13/h7-8,11-12,19H,3-6,9-10H2,1-2H3. The van der Waals surface area contributed by atoms with Gasteiger partial charge in [-0.15, -0.1) is 0 Å². The van der Waals surface area contributed by atoms with Crippen molar-refractivity contribution in [3.63, 3.8) is 0 Å². The Balaban J connectivity index is 2.35. The number of fused-ring (bicyclic) bond motifs is 1. The van der Waals surface area contributed by atoms with Crippen molar-refractivity contribution in [1.82, 2.24) is 0 Å². The Hall–Kier alpha value is -1.97. The minimum atomic E-state index is -0.522. The third-order valence-corrected chi connectivity index (χ3v) is 3.63. The molecule has 0 aliphatic rings. The summed E-state index contributed by atoms with van der Waals surface area (Å²) in [6.07, 6.45) is 4.55. The molecule has 0 amide bonds. The van der Waals surface area contributed by atoms with E-state index in [4.69, 9.17) is 4.42 Å². The Morgan fingerprint density at radius 1 is 1.10 bits per heavy atom. The summed E-state index contributed by atoms with van der Waals surface area (Å²) < 4.78 is 5.20. The first-order chi connectivity index (χ1) is 10.2. The van der Waals surface area contributed by atoms with Crippen LogP contribution in [0.15, 0.2) is 33.5 Å². The number of aromatic hydroxyl groups is 1. The van der Waals surface area contributed by atoms with Crippen LogP contribution in [-0.4, -0.2) is 18.2 Å². The molecule has 0 fully saturated rings. The highest BCUT2D eigenvalue weighted by atomic mass is 16.4. The fraction of sp³-hybridized carbons (Fsp3) is 0.471. The molecule has 0 atom stereocenters. The third kappa shape index (κ3) is 3.78. The lowest BCUT2D eigenvalue weighted by Crippen LogP contribution is -2.25. The molecule has 0 aliphatic heterocycles. The molecule has 1 heterocycles. The smallest absolute Gasteiger partial charge is 0.339 e. The van der Waals surface area contributed by atoms with Gasteiger partial charge in [0.1, 0.15) is 11.3 Å². The van der Waals surface area contributed by atoms with Gasteiger partial charge in [-0.25, -0.2) is 4.79 Å². The lowest BCUT2D eigenvalue weighted by atomic mass is 10.1. The van der Waals surface area contributed by atoms with Gasteiger partial charge in [0, 0.05) is 24.8 Å². The molecule has 2 rings (SSSR count). The second-order valence-electron chi connectivity index (χ2n) is 5.33. The molecular weight excluding hydrogens is 266 g/mol. The van der Waals surface area contributed by atoms with Crippen molar-refractivity contribution >= 4 is 16.7 Å². The van der Waals surface area contributed by atoms with E-state index in [1.807, 2.05) is 18.2 Å². The predicted molar refractivity (Wildman–Crippen MR) is 86.2 cm³/mol. The first-order valence-electron chi connectivity index (χ1n) is 7.67. The maximum Gasteiger partial charge on any atom is 0.339 e. The Bertz CT molecular complexity index is 640. The van der Waals surface area contributed by atoms with E-state index in [1.165, 1.54) is 0 Å². The van der Waals surface area contributed by atoms with E-state index in [0.29, 0.717) is 11.0 Å². The van der Waals surface area contributed by atoms with Crippen LogP contribution in [0.1, 0.15) is 39.5 Å². The zero-order chi connectivity index (χ0) is 15.2. The van der Waals surface area contributed by atoms with Gasteiger partial charge in [0.25, 0.3) is 0 Å². The second-order valence-corrected chi connectivity index (χ2v) is 5.33. The average Bonchev–Trinajstić information content (AvgIpc) is 2.46. The van der Waals surface area contributed by atoms with Gasteiger partial charge < -0.3 is 14.4 Å². The van der Waals surface area contributed by atoms with Gasteiger partial charge in [0.05, 0.1) is 11.5 Å². The molecule has 21 heavy (non-hydrogen) atoms. The molecule has 0 spiro atoms. The average molecular weight is 289 g/mol. The largest absolute Gasteiger partial charge is 0.507 e. The molecule has 4 heteroatoms. The number of unbranched alkanes of at least 4 members (excludes halogenated alkanes) is 2. The Labute approximate surface area is 125 Å². The summed E-state index contributed by atoms with van der Waals surface area (Å²) in [5, 5.41) is 10.4. The number of anilines is 1. The van der Waals surface area contributed by atoms with Gasteiger partial charge in [-0.3, -0.25) is 0 Å². The number of rotatable bonds is 7. The predicted octanol–water partition coefficient (Wildman–Crippen LogP) is 3.91. The summed E-state index contributed by atoms with van der Waals surface area (Å²) in [5.41, 5.74) is 0.958. The molecule has 1 aromatic carbocycles. The summed E-state index contributed by atoms with van der Waals surface area (Å²) in [5.74, 6) is -0.0264. The minimum Gasteiger partial charge on any atom is -0.507 e. The molecule has 114 valence electrons. The van der Waals surface area contributed by atoms with Crippen molar-refractivity contribution in [2.75, 3.05) is 18.0 Å². The molecule has 0 saturated heterocycles. The van der Waals surface area contributed by atoms with E-state index >= 15 is 0 Å². The van der Waals surface area contributed by atoms with Gasteiger partial charge in [0.15, 0.2) is 0 Å². The van der Waals surface area contributed by atoms with E-state index < -0.39 is 5.63 Å². The van der Waals surface area contributed by atoms with Crippen LogP contribution in [-0.2, 0) is 0 Å².